The molecule has 0 heterocycles. The molecule has 0 saturated heterocycles. The molecule has 0 fully saturated rings. The lowest BCUT2D eigenvalue weighted by molar-refractivity contribution is -0.384. The number of carbonyl (C=O) groups excluding carboxylic acids is 2. The summed E-state index contributed by atoms with van der Waals surface area (Å²) in [7, 11) is 1.52. The number of aryl methyl sites for hydroxylation is 2. The van der Waals surface area contributed by atoms with Crippen molar-refractivity contribution in [2.45, 2.75) is 26.9 Å². The van der Waals surface area contributed by atoms with E-state index in [1.807, 2.05) is 26.0 Å². The summed E-state index contributed by atoms with van der Waals surface area (Å²) in [5.74, 6) is -1.33. The highest BCUT2D eigenvalue weighted by Gasteiger charge is 2.22. The largest absolute Gasteiger partial charge is 0.449 e. The van der Waals surface area contributed by atoms with Crippen molar-refractivity contribution in [1.82, 2.24) is 0 Å². The number of anilines is 2. The lowest BCUT2D eigenvalue weighted by atomic mass is 10.1. The molecule has 0 aromatic heterocycles. The van der Waals surface area contributed by atoms with Gasteiger partial charge in [-0.3, -0.25) is 14.9 Å². The maximum atomic E-state index is 12.4. The number of amides is 1. The molecule has 0 aliphatic rings. The predicted molar refractivity (Wildman–Crippen MR) is 113 cm³/mol. The first-order valence-corrected chi connectivity index (χ1v) is 9.33. The summed E-state index contributed by atoms with van der Waals surface area (Å²) in [5.41, 5.74) is 2.53. The minimum absolute atomic E-state index is 0.0230. The summed E-state index contributed by atoms with van der Waals surface area (Å²) in [6, 6.07) is 9.50. The van der Waals surface area contributed by atoms with Crippen LogP contribution in [0.4, 0.5) is 17.1 Å². The number of nitrogens with one attached hydrogen (secondary N) is 2. The highest BCUT2D eigenvalue weighted by Crippen LogP contribution is 2.26. The van der Waals surface area contributed by atoms with E-state index < -0.39 is 22.9 Å². The maximum absolute atomic E-state index is 12.4. The maximum Gasteiger partial charge on any atom is 0.339 e. The Morgan fingerprint density at radius 2 is 1.83 bits per heavy atom. The molecule has 2 aromatic carbocycles. The molecular weight excluding hydrogens is 390 g/mol. The van der Waals surface area contributed by atoms with Crippen molar-refractivity contribution in [3.8, 4) is 0 Å². The molecule has 0 aliphatic heterocycles. The summed E-state index contributed by atoms with van der Waals surface area (Å²) in [6.45, 7) is 5.98. The monoisotopic (exact) mass is 415 g/mol. The van der Waals surface area contributed by atoms with Crippen molar-refractivity contribution < 1.29 is 24.0 Å². The Labute approximate surface area is 174 Å². The minimum atomic E-state index is -1.09. The van der Waals surface area contributed by atoms with Gasteiger partial charge in [-0.25, -0.2) is 4.79 Å². The zero-order valence-electron chi connectivity index (χ0n) is 17.4. The van der Waals surface area contributed by atoms with Gasteiger partial charge in [-0.15, -0.1) is 0 Å². The van der Waals surface area contributed by atoms with E-state index in [4.69, 9.17) is 9.47 Å². The molecule has 160 valence electrons. The van der Waals surface area contributed by atoms with E-state index in [1.54, 1.807) is 6.07 Å². The van der Waals surface area contributed by atoms with Gasteiger partial charge in [0.2, 0.25) is 0 Å². The number of esters is 1. The van der Waals surface area contributed by atoms with Crippen molar-refractivity contribution in [3.63, 3.8) is 0 Å². The number of ether oxygens (including phenoxy) is 2. The van der Waals surface area contributed by atoms with Gasteiger partial charge < -0.3 is 20.1 Å². The molecule has 9 heteroatoms. The Bertz CT molecular complexity index is 944. The van der Waals surface area contributed by atoms with Gasteiger partial charge in [0.15, 0.2) is 6.10 Å². The van der Waals surface area contributed by atoms with E-state index in [0.29, 0.717) is 18.8 Å². The molecule has 9 nitrogen and oxygen atoms in total. The predicted octanol–water partition coefficient (Wildman–Crippen LogP) is 3.45. The number of nitro groups is 1. The quantitative estimate of drug-likeness (QED) is 0.278. The summed E-state index contributed by atoms with van der Waals surface area (Å²) < 4.78 is 10.1. The number of hydrogen-bond acceptors (Lipinski definition) is 7. The van der Waals surface area contributed by atoms with Crippen LogP contribution in [0.3, 0.4) is 0 Å². The van der Waals surface area contributed by atoms with Gasteiger partial charge in [0, 0.05) is 25.4 Å². The van der Waals surface area contributed by atoms with E-state index in [9.17, 15) is 19.7 Å². The topological polar surface area (TPSA) is 120 Å². The third-order valence-corrected chi connectivity index (χ3v) is 4.34. The normalized spacial score (nSPS) is 11.5. The Morgan fingerprint density at radius 1 is 1.13 bits per heavy atom. The molecule has 1 atom stereocenters. The fourth-order valence-corrected chi connectivity index (χ4v) is 2.72. The van der Waals surface area contributed by atoms with Gasteiger partial charge in [0.05, 0.1) is 17.1 Å². The second kappa shape index (κ2) is 10.4. The number of rotatable bonds is 9. The van der Waals surface area contributed by atoms with Crippen LogP contribution in [0.15, 0.2) is 36.4 Å². The standard InChI is InChI=1S/C21H25N3O6/c1-13-5-7-17(14(2)11-13)23-20(25)15(3)30-21(26)16-6-8-18(22-9-10-29-4)19(12-16)24(27)28/h5-8,11-12,15,22H,9-10H2,1-4H3,(H,23,25)/t15-/m0/s1. The molecule has 2 aromatic rings. The molecule has 0 unspecified atom stereocenters. The fraction of sp³-hybridized carbons (Fsp3) is 0.333. The third kappa shape index (κ3) is 6.02. The van der Waals surface area contributed by atoms with Gasteiger partial charge >= 0.3 is 5.97 Å². The highest BCUT2D eigenvalue weighted by molar-refractivity contribution is 5.98. The van der Waals surface area contributed by atoms with Crippen LogP contribution in [0.1, 0.15) is 28.4 Å². The van der Waals surface area contributed by atoms with Crippen molar-refractivity contribution in [3.05, 3.63) is 63.2 Å². The lowest BCUT2D eigenvalue weighted by Crippen LogP contribution is -2.30. The number of carbonyl (C=O) groups is 2. The molecule has 0 saturated carbocycles. The number of methoxy groups -OCH3 is 1. The highest BCUT2D eigenvalue weighted by atomic mass is 16.6. The Kier molecular flexibility index (Phi) is 7.88. The number of benzene rings is 2. The molecule has 2 N–H and O–H groups in total. The molecule has 0 radical (unpaired) electrons. The van der Waals surface area contributed by atoms with Crippen LogP contribution in [-0.4, -0.2) is 43.2 Å². The average Bonchev–Trinajstić information content (AvgIpc) is 2.70. The minimum Gasteiger partial charge on any atom is -0.449 e. The van der Waals surface area contributed by atoms with E-state index >= 15 is 0 Å². The summed E-state index contributed by atoms with van der Waals surface area (Å²) >= 11 is 0. The smallest absolute Gasteiger partial charge is 0.339 e. The molecule has 0 bridgehead atoms. The third-order valence-electron chi connectivity index (χ3n) is 4.34. The first kappa shape index (κ1) is 22.8. The molecule has 0 spiro atoms. The van der Waals surface area contributed by atoms with Gasteiger partial charge in [-0.1, -0.05) is 17.7 Å². The van der Waals surface area contributed by atoms with Crippen LogP contribution in [0, 0.1) is 24.0 Å². The number of hydrogen-bond donors (Lipinski definition) is 2. The van der Waals surface area contributed by atoms with Crippen LogP contribution >= 0.6 is 0 Å². The zero-order valence-corrected chi connectivity index (χ0v) is 17.4. The van der Waals surface area contributed by atoms with Crippen molar-refractivity contribution in [2.24, 2.45) is 0 Å². The summed E-state index contributed by atoms with van der Waals surface area (Å²) in [6.07, 6.45) is -1.09. The fourth-order valence-electron chi connectivity index (χ4n) is 2.72. The zero-order chi connectivity index (χ0) is 22.3. The SMILES string of the molecule is COCCNc1ccc(C(=O)O[C@@H](C)C(=O)Nc2ccc(C)cc2C)cc1[N+](=O)[O-]. The van der Waals surface area contributed by atoms with Gasteiger partial charge in [-0.05, 0) is 44.5 Å². The molecule has 30 heavy (non-hydrogen) atoms. The second-order valence-corrected chi connectivity index (χ2v) is 6.76. The lowest BCUT2D eigenvalue weighted by Gasteiger charge is -2.15. The Balaban J connectivity index is 2.07. The molecule has 2 rings (SSSR count). The van der Waals surface area contributed by atoms with Crippen LogP contribution in [0.2, 0.25) is 0 Å². The van der Waals surface area contributed by atoms with Crippen molar-refractivity contribution in [2.75, 3.05) is 30.9 Å². The Morgan fingerprint density at radius 3 is 2.47 bits per heavy atom. The van der Waals surface area contributed by atoms with Crippen LogP contribution in [-0.2, 0) is 14.3 Å². The Hall–Kier alpha value is -3.46. The first-order valence-electron chi connectivity index (χ1n) is 9.33. The molecule has 0 aliphatic carbocycles. The van der Waals surface area contributed by atoms with Crippen LogP contribution in [0.25, 0.3) is 0 Å². The summed E-state index contributed by atoms with van der Waals surface area (Å²) in [4.78, 5) is 35.5. The average molecular weight is 415 g/mol. The van der Waals surface area contributed by atoms with Gasteiger partial charge in [0.25, 0.3) is 11.6 Å². The number of nitrogens with zero attached hydrogens (tertiary/aromatic N) is 1. The molecular formula is C21H25N3O6. The molecule has 1 amide bonds. The number of nitro benzene ring substituents is 1. The van der Waals surface area contributed by atoms with E-state index in [0.717, 1.165) is 17.2 Å². The second-order valence-electron chi connectivity index (χ2n) is 6.76. The van der Waals surface area contributed by atoms with E-state index in [1.165, 1.54) is 26.2 Å². The first-order chi connectivity index (χ1) is 14.2. The van der Waals surface area contributed by atoms with Crippen LogP contribution in [0.5, 0.6) is 0 Å². The van der Waals surface area contributed by atoms with Crippen molar-refractivity contribution >= 4 is 28.9 Å². The summed E-state index contributed by atoms with van der Waals surface area (Å²) in [5, 5.41) is 16.9. The van der Waals surface area contributed by atoms with Crippen LogP contribution < -0.4 is 10.6 Å². The van der Waals surface area contributed by atoms with E-state index in [2.05, 4.69) is 10.6 Å². The van der Waals surface area contributed by atoms with Gasteiger partial charge in [0.1, 0.15) is 5.69 Å². The van der Waals surface area contributed by atoms with E-state index in [-0.39, 0.29) is 16.9 Å². The van der Waals surface area contributed by atoms with Crippen molar-refractivity contribution in [1.29, 1.82) is 0 Å². The van der Waals surface area contributed by atoms with Gasteiger partial charge in [-0.2, -0.15) is 0 Å².